The SMILES string of the molecule is CC(=O)CC(c1ccccc1)C1OCCO1. The lowest BCUT2D eigenvalue weighted by molar-refractivity contribution is -0.120. The lowest BCUT2D eigenvalue weighted by Gasteiger charge is -2.21. The van der Waals surface area contributed by atoms with E-state index in [0.29, 0.717) is 19.6 Å². The van der Waals surface area contributed by atoms with Gasteiger partial charge in [-0.3, -0.25) is 0 Å². The Morgan fingerprint density at radius 2 is 1.94 bits per heavy atom. The van der Waals surface area contributed by atoms with Gasteiger partial charge in [0.1, 0.15) is 5.78 Å². The van der Waals surface area contributed by atoms with Crippen LogP contribution in [0.1, 0.15) is 24.8 Å². The predicted molar refractivity (Wildman–Crippen MR) is 60.2 cm³/mol. The third-order valence-electron chi connectivity index (χ3n) is 2.71. The Morgan fingerprint density at radius 1 is 1.31 bits per heavy atom. The van der Waals surface area contributed by atoms with E-state index in [9.17, 15) is 4.79 Å². The van der Waals surface area contributed by atoms with Crippen LogP contribution in [-0.2, 0) is 14.3 Å². The van der Waals surface area contributed by atoms with Crippen LogP contribution in [0.5, 0.6) is 0 Å². The van der Waals surface area contributed by atoms with E-state index in [2.05, 4.69) is 0 Å². The van der Waals surface area contributed by atoms with Crippen molar-refractivity contribution < 1.29 is 14.3 Å². The Labute approximate surface area is 95.4 Å². The van der Waals surface area contributed by atoms with Gasteiger partial charge >= 0.3 is 0 Å². The molecule has 0 N–H and O–H groups in total. The summed E-state index contributed by atoms with van der Waals surface area (Å²) in [5, 5.41) is 0. The second-order valence-corrected chi connectivity index (χ2v) is 4.03. The van der Waals surface area contributed by atoms with Crippen LogP contribution in [0.4, 0.5) is 0 Å². The maximum atomic E-state index is 11.3. The minimum absolute atomic E-state index is 0.0150. The highest BCUT2D eigenvalue weighted by molar-refractivity contribution is 5.76. The van der Waals surface area contributed by atoms with Crippen LogP contribution in [0.15, 0.2) is 30.3 Å². The molecule has 3 nitrogen and oxygen atoms in total. The van der Waals surface area contributed by atoms with Crippen molar-refractivity contribution in [2.75, 3.05) is 13.2 Å². The monoisotopic (exact) mass is 220 g/mol. The van der Waals surface area contributed by atoms with Crippen molar-refractivity contribution in [1.29, 1.82) is 0 Å². The van der Waals surface area contributed by atoms with Gasteiger partial charge in [-0.1, -0.05) is 30.3 Å². The lowest BCUT2D eigenvalue weighted by Crippen LogP contribution is -2.21. The zero-order chi connectivity index (χ0) is 11.4. The van der Waals surface area contributed by atoms with Crippen molar-refractivity contribution in [3.05, 3.63) is 35.9 Å². The van der Waals surface area contributed by atoms with Crippen LogP contribution in [0.2, 0.25) is 0 Å². The van der Waals surface area contributed by atoms with Crippen molar-refractivity contribution in [2.45, 2.75) is 25.6 Å². The highest BCUT2D eigenvalue weighted by Gasteiger charge is 2.29. The molecule has 1 heterocycles. The number of carbonyl (C=O) groups is 1. The van der Waals surface area contributed by atoms with Crippen molar-refractivity contribution >= 4 is 5.78 Å². The van der Waals surface area contributed by atoms with E-state index in [1.54, 1.807) is 6.92 Å². The van der Waals surface area contributed by atoms with Crippen molar-refractivity contribution in [1.82, 2.24) is 0 Å². The summed E-state index contributed by atoms with van der Waals surface area (Å²) in [6.45, 7) is 2.84. The number of carbonyl (C=O) groups excluding carboxylic acids is 1. The van der Waals surface area contributed by atoms with E-state index in [1.165, 1.54) is 0 Å². The van der Waals surface area contributed by atoms with Gasteiger partial charge in [0.05, 0.1) is 13.2 Å². The van der Waals surface area contributed by atoms with Gasteiger partial charge in [0.15, 0.2) is 6.29 Å². The second kappa shape index (κ2) is 5.23. The molecule has 0 spiro atoms. The first kappa shape index (κ1) is 11.3. The van der Waals surface area contributed by atoms with Gasteiger partial charge in [-0.15, -0.1) is 0 Å². The maximum absolute atomic E-state index is 11.3. The van der Waals surface area contributed by atoms with Gasteiger partial charge in [0.25, 0.3) is 0 Å². The highest BCUT2D eigenvalue weighted by atomic mass is 16.7. The molecule has 1 aromatic rings. The average Bonchev–Trinajstić information content (AvgIpc) is 2.80. The molecule has 1 saturated heterocycles. The van der Waals surface area contributed by atoms with Gasteiger partial charge < -0.3 is 14.3 Å². The van der Waals surface area contributed by atoms with Gasteiger partial charge in [-0.25, -0.2) is 0 Å². The summed E-state index contributed by atoms with van der Waals surface area (Å²) in [6, 6.07) is 9.93. The summed E-state index contributed by atoms with van der Waals surface area (Å²) in [4.78, 5) is 11.3. The molecule has 1 aliphatic rings. The Bertz CT molecular complexity index is 341. The van der Waals surface area contributed by atoms with E-state index >= 15 is 0 Å². The number of hydrogen-bond donors (Lipinski definition) is 0. The molecule has 1 atom stereocenters. The summed E-state index contributed by atoms with van der Waals surface area (Å²) >= 11 is 0. The van der Waals surface area contributed by atoms with Gasteiger partial charge in [0.2, 0.25) is 0 Å². The first-order valence-electron chi connectivity index (χ1n) is 5.55. The van der Waals surface area contributed by atoms with Crippen molar-refractivity contribution in [3.63, 3.8) is 0 Å². The Balaban J connectivity index is 2.16. The van der Waals surface area contributed by atoms with Crippen molar-refractivity contribution in [2.24, 2.45) is 0 Å². The standard InChI is InChI=1S/C13H16O3/c1-10(14)9-12(13-15-7-8-16-13)11-5-3-2-4-6-11/h2-6,12-13H,7-9H2,1H3. The molecule has 86 valence electrons. The molecule has 0 radical (unpaired) electrons. The topological polar surface area (TPSA) is 35.5 Å². The van der Waals surface area contributed by atoms with Crippen LogP contribution in [0.25, 0.3) is 0 Å². The first-order valence-corrected chi connectivity index (χ1v) is 5.55. The van der Waals surface area contributed by atoms with Gasteiger partial charge in [0, 0.05) is 12.3 Å². The fraction of sp³-hybridized carbons (Fsp3) is 0.462. The normalized spacial score (nSPS) is 18.6. The molecule has 1 unspecified atom stereocenters. The number of ether oxygens (including phenoxy) is 2. The molecule has 3 heteroatoms. The second-order valence-electron chi connectivity index (χ2n) is 4.03. The fourth-order valence-electron chi connectivity index (χ4n) is 1.99. The van der Waals surface area contributed by atoms with E-state index in [4.69, 9.17) is 9.47 Å². The molecule has 2 rings (SSSR count). The minimum Gasteiger partial charge on any atom is -0.350 e. The fourth-order valence-corrected chi connectivity index (χ4v) is 1.99. The van der Waals surface area contributed by atoms with Crippen LogP contribution in [-0.4, -0.2) is 25.3 Å². The Morgan fingerprint density at radius 3 is 2.50 bits per heavy atom. The summed E-state index contributed by atoms with van der Waals surface area (Å²) in [7, 11) is 0. The Hall–Kier alpha value is -1.19. The van der Waals surface area contributed by atoms with Crippen LogP contribution < -0.4 is 0 Å². The van der Waals surface area contributed by atoms with Crippen LogP contribution in [0.3, 0.4) is 0 Å². The number of rotatable bonds is 4. The molecule has 0 aliphatic carbocycles. The third-order valence-corrected chi connectivity index (χ3v) is 2.71. The average molecular weight is 220 g/mol. The number of hydrogen-bond acceptors (Lipinski definition) is 3. The zero-order valence-corrected chi connectivity index (χ0v) is 9.39. The molecule has 1 aliphatic heterocycles. The molecule has 0 saturated carbocycles. The van der Waals surface area contributed by atoms with E-state index in [0.717, 1.165) is 5.56 Å². The van der Waals surface area contributed by atoms with Crippen LogP contribution in [0, 0.1) is 0 Å². The quantitative estimate of drug-likeness (QED) is 0.779. The largest absolute Gasteiger partial charge is 0.350 e. The summed E-state index contributed by atoms with van der Waals surface area (Å²) < 4.78 is 11.0. The Kier molecular flexibility index (Phi) is 3.70. The molecule has 0 aromatic heterocycles. The molecule has 0 bridgehead atoms. The molecular weight excluding hydrogens is 204 g/mol. The van der Waals surface area contributed by atoms with Crippen molar-refractivity contribution in [3.8, 4) is 0 Å². The number of Topliss-reactive ketones (excluding diaryl/α,β-unsaturated/α-hetero) is 1. The van der Waals surface area contributed by atoms with Gasteiger partial charge in [-0.2, -0.15) is 0 Å². The van der Waals surface area contributed by atoms with E-state index < -0.39 is 0 Å². The molecule has 1 aromatic carbocycles. The molecule has 0 amide bonds. The molecule has 16 heavy (non-hydrogen) atoms. The van der Waals surface area contributed by atoms with Gasteiger partial charge in [-0.05, 0) is 12.5 Å². The van der Waals surface area contributed by atoms with E-state index in [-0.39, 0.29) is 18.0 Å². The summed E-state index contributed by atoms with van der Waals surface area (Å²) in [6.07, 6.45) is 0.195. The van der Waals surface area contributed by atoms with E-state index in [1.807, 2.05) is 30.3 Å². The predicted octanol–water partition coefficient (Wildman–Crippen LogP) is 2.12. The molecular formula is C13H16O3. The summed E-state index contributed by atoms with van der Waals surface area (Å²) in [5.74, 6) is 0.175. The van der Waals surface area contributed by atoms with Crippen LogP contribution >= 0.6 is 0 Å². The number of ketones is 1. The minimum atomic E-state index is -0.272. The maximum Gasteiger partial charge on any atom is 0.165 e. The highest BCUT2D eigenvalue weighted by Crippen LogP contribution is 2.28. The lowest BCUT2D eigenvalue weighted by atomic mass is 9.93. The zero-order valence-electron chi connectivity index (χ0n) is 9.39. The summed E-state index contributed by atoms with van der Waals surface area (Å²) in [5.41, 5.74) is 1.10. The molecule has 1 fully saturated rings. The third kappa shape index (κ3) is 2.68. The smallest absolute Gasteiger partial charge is 0.165 e. The first-order chi connectivity index (χ1) is 7.77. The number of benzene rings is 1.